The average Bonchev–Trinajstić information content (AvgIpc) is 2.80. The molecule has 1 aliphatic carbocycles. The van der Waals surface area contributed by atoms with E-state index in [1.54, 1.807) is 4.68 Å². The number of anilines is 1. The summed E-state index contributed by atoms with van der Waals surface area (Å²) in [6.45, 7) is 0.876. The van der Waals surface area contributed by atoms with Crippen LogP contribution in [0, 0.1) is 0 Å². The number of aryl methyl sites for hydroxylation is 1. The predicted octanol–water partition coefficient (Wildman–Crippen LogP) is 1.21. The fraction of sp³-hybridized carbons (Fsp3) is 0.727. The number of rotatable bonds is 1. The standard InChI is InChI=1S/C11H17N3O/c1-14-10(12)7-8(13-14)11-4-2-3-9(11)15-6-5-11/h7,9H,2-6,12H2,1H3. The normalized spacial score (nSPS) is 34.6. The number of nitrogens with zero attached hydrogens (tertiary/aromatic N) is 2. The van der Waals surface area contributed by atoms with E-state index in [2.05, 4.69) is 5.10 Å². The molecule has 2 N–H and O–H groups in total. The second-order valence-corrected chi connectivity index (χ2v) is 4.74. The van der Waals surface area contributed by atoms with Gasteiger partial charge in [0, 0.05) is 25.1 Å². The summed E-state index contributed by atoms with van der Waals surface area (Å²) in [6.07, 6.45) is 5.12. The van der Waals surface area contributed by atoms with Crippen LogP contribution in [0.5, 0.6) is 0 Å². The number of hydrogen-bond donors (Lipinski definition) is 1. The van der Waals surface area contributed by atoms with Crippen molar-refractivity contribution < 1.29 is 4.74 Å². The number of fused-ring (bicyclic) bond motifs is 1. The highest BCUT2D eigenvalue weighted by molar-refractivity contribution is 5.36. The lowest BCUT2D eigenvalue weighted by atomic mass is 9.80. The van der Waals surface area contributed by atoms with Crippen molar-refractivity contribution in [3.05, 3.63) is 11.8 Å². The molecule has 1 aliphatic heterocycles. The van der Waals surface area contributed by atoms with Gasteiger partial charge in [0.1, 0.15) is 5.82 Å². The first-order valence-corrected chi connectivity index (χ1v) is 5.64. The van der Waals surface area contributed by atoms with Crippen molar-refractivity contribution in [2.24, 2.45) is 7.05 Å². The molecule has 0 amide bonds. The van der Waals surface area contributed by atoms with E-state index in [-0.39, 0.29) is 5.41 Å². The molecule has 0 aromatic carbocycles. The second kappa shape index (κ2) is 2.98. The molecule has 1 aromatic rings. The predicted molar refractivity (Wildman–Crippen MR) is 57.5 cm³/mol. The van der Waals surface area contributed by atoms with Gasteiger partial charge in [0.05, 0.1) is 11.8 Å². The van der Waals surface area contributed by atoms with Crippen LogP contribution in [0.2, 0.25) is 0 Å². The molecule has 4 nitrogen and oxygen atoms in total. The molecule has 2 fully saturated rings. The smallest absolute Gasteiger partial charge is 0.121 e. The number of aromatic nitrogens is 2. The zero-order valence-electron chi connectivity index (χ0n) is 9.07. The van der Waals surface area contributed by atoms with E-state index >= 15 is 0 Å². The van der Waals surface area contributed by atoms with Gasteiger partial charge in [-0.3, -0.25) is 4.68 Å². The first-order valence-electron chi connectivity index (χ1n) is 5.64. The van der Waals surface area contributed by atoms with Crippen molar-refractivity contribution in [3.63, 3.8) is 0 Å². The molecule has 2 aliphatic rings. The molecule has 0 spiro atoms. The van der Waals surface area contributed by atoms with Crippen LogP contribution in [0.25, 0.3) is 0 Å². The minimum atomic E-state index is 0.176. The van der Waals surface area contributed by atoms with E-state index in [9.17, 15) is 0 Å². The number of nitrogens with two attached hydrogens (primary N) is 1. The van der Waals surface area contributed by atoms with Gasteiger partial charge in [0.15, 0.2) is 0 Å². The van der Waals surface area contributed by atoms with E-state index in [1.807, 2.05) is 13.1 Å². The molecular weight excluding hydrogens is 190 g/mol. The van der Waals surface area contributed by atoms with Crippen LogP contribution in [0.4, 0.5) is 5.82 Å². The summed E-state index contributed by atoms with van der Waals surface area (Å²) in [5.74, 6) is 0.747. The monoisotopic (exact) mass is 207 g/mol. The summed E-state index contributed by atoms with van der Waals surface area (Å²) in [7, 11) is 1.90. The zero-order valence-corrected chi connectivity index (χ0v) is 9.07. The molecule has 2 heterocycles. The molecule has 1 saturated carbocycles. The summed E-state index contributed by atoms with van der Waals surface area (Å²) < 4.78 is 7.56. The van der Waals surface area contributed by atoms with Gasteiger partial charge >= 0.3 is 0 Å². The highest BCUT2D eigenvalue weighted by Crippen LogP contribution is 2.48. The van der Waals surface area contributed by atoms with Gasteiger partial charge in [-0.05, 0) is 25.7 Å². The number of ether oxygens (including phenoxy) is 1. The van der Waals surface area contributed by atoms with Crippen LogP contribution in [-0.4, -0.2) is 22.5 Å². The van der Waals surface area contributed by atoms with Crippen LogP contribution in [0.3, 0.4) is 0 Å². The van der Waals surface area contributed by atoms with Crippen molar-refractivity contribution in [1.29, 1.82) is 0 Å². The van der Waals surface area contributed by atoms with E-state index in [1.165, 1.54) is 19.3 Å². The highest BCUT2D eigenvalue weighted by atomic mass is 16.5. The van der Waals surface area contributed by atoms with Crippen LogP contribution in [0.15, 0.2) is 6.07 Å². The Morgan fingerprint density at radius 3 is 3.20 bits per heavy atom. The van der Waals surface area contributed by atoms with Crippen molar-refractivity contribution in [2.75, 3.05) is 12.3 Å². The quantitative estimate of drug-likeness (QED) is 0.753. The van der Waals surface area contributed by atoms with Gasteiger partial charge in [-0.25, -0.2) is 0 Å². The molecule has 0 radical (unpaired) electrons. The maximum Gasteiger partial charge on any atom is 0.121 e. The van der Waals surface area contributed by atoms with Gasteiger partial charge in [0.25, 0.3) is 0 Å². The summed E-state index contributed by atoms with van der Waals surface area (Å²) >= 11 is 0. The maximum absolute atomic E-state index is 5.85. The molecule has 2 unspecified atom stereocenters. The van der Waals surface area contributed by atoms with E-state index < -0.39 is 0 Å². The van der Waals surface area contributed by atoms with Crippen molar-refractivity contribution in [3.8, 4) is 0 Å². The van der Waals surface area contributed by atoms with Gasteiger partial charge in [-0.15, -0.1) is 0 Å². The summed E-state index contributed by atoms with van der Waals surface area (Å²) in [5.41, 5.74) is 7.16. The Labute approximate surface area is 89.4 Å². The van der Waals surface area contributed by atoms with Crippen LogP contribution < -0.4 is 5.73 Å². The summed E-state index contributed by atoms with van der Waals surface area (Å²) in [4.78, 5) is 0. The SMILES string of the molecule is Cn1nc(C23CCCC2OCC3)cc1N. The Hall–Kier alpha value is -1.03. The first-order chi connectivity index (χ1) is 7.22. The Morgan fingerprint density at radius 2 is 2.47 bits per heavy atom. The largest absolute Gasteiger partial charge is 0.384 e. The summed E-state index contributed by atoms with van der Waals surface area (Å²) in [5, 5.41) is 4.54. The Kier molecular flexibility index (Phi) is 1.83. The Balaban J connectivity index is 2.04. The lowest BCUT2D eigenvalue weighted by molar-refractivity contribution is 0.0924. The van der Waals surface area contributed by atoms with Crippen molar-refractivity contribution in [1.82, 2.24) is 9.78 Å². The molecule has 0 bridgehead atoms. The third-order valence-corrected chi connectivity index (χ3v) is 4.00. The fourth-order valence-electron chi connectivity index (χ4n) is 3.10. The lowest BCUT2D eigenvalue weighted by Crippen LogP contribution is -2.30. The topological polar surface area (TPSA) is 53.1 Å². The van der Waals surface area contributed by atoms with Gasteiger partial charge in [0.2, 0.25) is 0 Å². The Morgan fingerprint density at radius 1 is 1.60 bits per heavy atom. The highest BCUT2D eigenvalue weighted by Gasteiger charge is 2.50. The van der Waals surface area contributed by atoms with Crippen LogP contribution in [0.1, 0.15) is 31.4 Å². The fourth-order valence-corrected chi connectivity index (χ4v) is 3.10. The molecular formula is C11H17N3O. The molecule has 4 heteroatoms. The minimum Gasteiger partial charge on any atom is -0.384 e. The summed E-state index contributed by atoms with van der Waals surface area (Å²) in [6, 6.07) is 2.02. The average molecular weight is 207 g/mol. The van der Waals surface area contributed by atoms with Gasteiger partial charge < -0.3 is 10.5 Å². The maximum atomic E-state index is 5.85. The molecule has 2 atom stereocenters. The van der Waals surface area contributed by atoms with Crippen molar-refractivity contribution in [2.45, 2.75) is 37.2 Å². The molecule has 3 rings (SSSR count). The zero-order chi connectivity index (χ0) is 10.5. The third-order valence-electron chi connectivity index (χ3n) is 4.00. The van der Waals surface area contributed by atoms with Gasteiger partial charge in [-0.2, -0.15) is 5.10 Å². The van der Waals surface area contributed by atoms with E-state index in [4.69, 9.17) is 10.5 Å². The van der Waals surface area contributed by atoms with Crippen molar-refractivity contribution >= 4 is 5.82 Å². The van der Waals surface area contributed by atoms with Crippen LogP contribution >= 0.6 is 0 Å². The lowest BCUT2D eigenvalue weighted by Gasteiger charge is -2.25. The van der Waals surface area contributed by atoms with Gasteiger partial charge in [-0.1, -0.05) is 0 Å². The molecule has 1 aromatic heterocycles. The molecule has 82 valence electrons. The first kappa shape index (κ1) is 9.21. The van der Waals surface area contributed by atoms with E-state index in [0.29, 0.717) is 6.10 Å². The number of nitrogen functional groups attached to an aromatic ring is 1. The molecule has 15 heavy (non-hydrogen) atoms. The Bertz CT molecular complexity index is 356. The minimum absolute atomic E-state index is 0.176. The second-order valence-electron chi connectivity index (χ2n) is 4.74. The van der Waals surface area contributed by atoms with Crippen LogP contribution in [-0.2, 0) is 17.2 Å². The third kappa shape index (κ3) is 1.14. The van der Waals surface area contributed by atoms with E-state index in [0.717, 1.165) is 24.5 Å². The molecule has 1 saturated heterocycles. The number of hydrogen-bond acceptors (Lipinski definition) is 3.